The molecule has 0 spiro atoms. The highest BCUT2D eigenvalue weighted by Gasteiger charge is 2.48. The number of phosphoric ester groups is 2. The highest BCUT2D eigenvalue weighted by atomic mass is 31.3. The molecule has 0 aliphatic carbocycles. The van der Waals surface area contributed by atoms with Crippen molar-refractivity contribution in [3.05, 3.63) is 24.8 Å². The second-order valence-electron chi connectivity index (χ2n) is 8.70. The van der Waals surface area contributed by atoms with Gasteiger partial charge in [0.2, 0.25) is 0 Å². The first-order valence-electron chi connectivity index (χ1n) is 11.7. The van der Waals surface area contributed by atoms with Crippen molar-refractivity contribution in [1.29, 1.82) is 0 Å². The number of nitrogens with two attached hydrogens (primary N) is 1. The molecule has 0 radical (unpaired) electrons. The molecule has 2 aromatic heterocycles. The fourth-order valence-electron chi connectivity index (χ4n) is 3.96. The Balaban J connectivity index is 1.31. The summed E-state index contributed by atoms with van der Waals surface area (Å²) in [6, 6.07) is 0. The number of fused-ring (bicyclic) bond motifs is 1. The molecule has 4 heterocycles. The van der Waals surface area contributed by atoms with Gasteiger partial charge in [-0.1, -0.05) is 6.08 Å². The third kappa shape index (κ3) is 7.15. The lowest BCUT2D eigenvalue weighted by molar-refractivity contribution is -0.168. The number of nitrogens with zero attached hydrogens (tertiary/aromatic N) is 4. The van der Waals surface area contributed by atoms with Crippen LogP contribution in [0.4, 0.5) is 5.82 Å². The Morgan fingerprint density at radius 3 is 2.29 bits per heavy atom. The fraction of sp³-hybridized carbons (Fsp3) is 0.579. The normalized spacial score (nSPS) is 33.2. The Kier molecular flexibility index (Phi) is 9.56. The number of esters is 1. The summed E-state index contributed by atoms with van der Waals surface area (Å²) in [5, 5.41) is 40.9. The van der Waals surface area contributed by atoms with E-state index in [1.165, 1.54) is 23.9 Å². The third-order valence-electron chi connectivity index (χ3n) is 5.88. The number of aliphatic hydroxyl groups is 4. The standard InChI is InChI=1S/C19H27N5O15P2/c1-2-3-10(25)38-15-13(27)9(37-19(15)29)5-35-41(32,33)39-40(30,31)34-4-8-12(26)14(28)18(36-8)24-7-23-11-16(20)21-6-22-17(11)24/h2-3,6-9,12-15,18-19,26-29H,4-5H2,1H3,(H,30,31)(H,32,33)(H2,20,21,22)/b3-2+/t8-,9+,12-,13+,14-,15+,18-,19?/m1/s1. The Hall–Kier alpha value is -2.42. The van der Waals surface area contributed by atoms with Crippen molar-refractivity contribution in [2.45, 2.75) is 56.1 Å². The van der Waals surface area contributed by atoms with E-state index < -0.39 is 84.0 Å². The maximum Gasteiger partial charge on any atom is 0.481 e. The molecular formula is C19H27N5O15P2. The first-order chi connectivity index (χ1) is 19.2. The smallest absolute Gasteiger partial charge is 0.451 e. The monoisotopic (exact) mass is 627 g/mol. The lowest BCUT2D eigenvalue weighted by atomic mass is 10.1. The van der Waals surface area contributed by atoms with Crippen LogP contribution >= 0.6 is 15.6 Å². The summed E-state index contributed by atoms with van der Waals surface area (Å²) >= 11 is 0. The Morgan fingerprint density at radius 2 is 1.66 bits per heavy atom. The van der Waals surface area contributed by atoms with Crippen LogP contribution in [0.5, 0.6) is 0 Å². The topological polar surface area (TPSA) is 298 Å². The summed E-state index contributed by atoms with van der Waals surface area (Å²) in [5.74, 6) is -0.851. The number of aromatic nitrogens is 4. The van der Waals surface area contributed by atoms with E-state index in [2.05, 4.69) is 28.3 Å². The van der Waals surface area contributed by atoms with Crippen molar-refractivity contribution >= 4 is 38.6 Å². The van der Waals surface area contributed by atoms with Crippen LogP contribution in [0.15, 0.2) is 24.8 Å². The molecule has 0 bridgehead atoms. The summed E-state index contributed by atoms with van der Waals surface area (Å²) in [4.78, 5) is 43.2. The second-order valence-corrected chi connectivity index (χ2v) is 11.7. The number of carbonyl (C=O) groups is 1. The van der Waals surface area contributed by atoms with E-state index in [-0.39, 0.29) is 17.0 Å². The first-order valence-corrected chi connectivity index (χ1v) is 14.7. The zero-order valence-corrected chi connectivity index (χ0v) is 22.7. The van der Waals surface area contributed by atoms with Crippen molar-refractivity contribution in [3.8, 4) is 0 Å². The molecule has 2 aliphatic heterocycles. The number of nitrogen functional groups attached to an aromatic ring is 1. The minimum absolute atomic E-state index is 0.0496. The van der Waals surface area contributed by atoms with Crippen LogP contribution in [-0.2, 0) is 41.5 Å². The van der Waals surface area contributed by atoms with Crippen molar-refractivity contribution in [1.82, 2.24) is 19.5 Å². The van der Waals surface area contributed by atoms with Gasteiger partial charge in [0, 0.05) is 6.08 Å². The summed E-state index contributed by atoms with van der Waals surface area (Å²) in [6.07, 6.45) is -7.79. The number of rotatable bonds is 11. The van der Waals surface area contributed by atoms with Gasteiger partial charge in [0.25, 0.3) is 0 Å². The average molecular weight is 627 g/mol. The summed E-state index contributed by atoms with van der Waals surface area (Å²) < 4.78 is 54.5. The maximum atomic E-state index is 12.3. The van der Waals surface area contributed by atoms with Crippen molar-refractivity contribution < 1.29 is 71.7 Å². The summed E-state index contributed by atoms with van der Waals surface area (Å²) in [6.45, 7) is -0.325. The number of anilines is 1. The SMILES string of the molecule is C/C=C/C(=O)O[C@@H]1C(O)O[C@@H](COP(=O)(O)OP(=O)(O)OC[C@H]2O[C@@H](n3cnc4c(N)ncnc43)[C@H](O)[C@@H]2O)[C@@H]1O. The van der Waals surface area contributed by atoms with Crippen LogP contribution < -0.4 is 5.73 Å². The van der Waals surface area contributed by atoms with Gasteiger partial charge in [0.05, 0.1) is 19.5 Å². The van der Waals surface area contributed by atoms with Gasteiger partial charge in [0.15, 0.2) is 30.1 Å². The van der Waals surface area contributed by atoms with Crippen LogP contribution in [0.2, 0.25) is 0 Å². The van der Waals surface area contributed by atoms with Crippen LogP contribution in [0.1, 0.15) is 13.2 Å². The van der Waals surface area contributed by atoms with Gasteiger partial charge in [0.1, 0.15) is 42.4 Å². The number of carbonyl (C=O) groups excluding carboxylic acids is 1. The predicted molar refractivity (Wildman–Crippen MR) is 130 cm³/mol. The lowest BCUT2D eigenvalue weighted by Crippen LogP contribution is -2.37. The van der Waals surface area contributed by atoms with E-state index in [4.69, 9.17) is 19.9 Å². The van der Waals surface area contributed by atoms with E-state index in [0.717, 1.165) is 12.4 Å². The molecular weight excluding hydrogens is 600 g/mol. The van der Waals surface area contributed by atoms with Crippen LogP contribution in [0.25, 0.3) is 11.2 Å². The zero-order chi connectivity index (χ0) is 30.1. The molecule has 0 aromatic carbocycles. The number of hydrogen-bond acceptors (Lipinski definition) is 17. The second kappa shape index (κ2) is 12.4. The Morgan fingerprint density at radius 1 is 1.02 bits per heavy atom. The average Bonchev–Trinajstić information content (AvgIpc) is 3.52. The van der Waals surface area contributed by atoms with E-state index in [9.17, 15) is 44.1 Å². The quantitative estimate of drug-likeness (QED) is 0.0793. The molecule has 3 unspecified atom stereocenters. The van der Waals surface area contributed by atoms with Gasteiger partial charge in [-0.25, -0.2) is 28.9 Å². The highest BCUT2D eigenvalue weighted by Crippen LogP contribution is 2.60. The molecule has 22 heteroatoms. The molecule has 8 N–H and O–H groups in total. The van der Waals surface area contributed by atoms with Gasteiger partial charge in [-0.3, -0.25) is 13.6 Å². The lowest BCUT2D eigenvalue weighted by Gasteiger charge is -2.20. The van der Waals surface area contributed by atoms with Gasteiger partial charge in [-0.15, -0.1) is 0 Å². The van der Waals surface area contributed by atoms with E-state index in [1.807, 2.05) is 0 Å². The zero-order valence-electron chi connectivity index (χ0n) is 21.0. The number of allylic oxidation sites excluding steroid dienone is 1. The largest absolute Gasteiger partial charge is 0.481 e. The summed E-state index contributed by atoms with van der Waals surface area (Å²) in [7, 11) is -10.7. The minimum Gasteiger partial charge on any atom is -0.451 e. The van der Waals surface area contributed by atoms with Gasteiger partial charge < -0.3 is 50.2 Å². The highest BCUT2D eigenvalue weighted by molar-refractivity contribution is 7.61. The van der Waals surface area contributed by atoms with Crippen molar-refractivity contribution in [3.63, 3.8) is 0 Å². The predicted octanol–water partition coefficient (Wildman–Crippen LogP) is -2.16. The van der Waals surface area contributed by atoms with E-state index >= 15 is 0 Å². The van der Waals surface area contributed by atoms with Crippen LogP contribution in [-0.4, -0.2) is 112 Å². The van der Waals surface area contributed by atoms with Crippen LogP contribution in [0, 0.1) is 0 Å². The molecule has 2 fully saturated rings. The molecule has 2 aromatic rings. The molecule has 4 rings (SSSR count). The van der Waals surface area contributed by atoms with Crippen LogP contribution in [0.3, 0.4) is 0 Å². The van der Waals surface area contributed by atoms with E-state index in [0.29, 0.717) is 0 Å². The van der Waals surface area contributed by atoms with Gasteiger partial charge in [-0.05, 0) is 6.92 Å². The first kappa shape index (κ1) is 31.5. The molecule has 0 saturated carbocycles. The van der Waals surface area contributed by atoms with Crippen molar-refractivity contribution in [2.75, 3.05) is 18.9 Å². The maximum absolute atomic E-state index is 12.3. The van der Waals surface area contributed by atoms with E-state index in [1.54, 1.807) is 0 Å². The van der Waals surface area contributed by atoms with Gasteiger partial charge >= 0.3 is 21.6 Å². The number of aliphatic hydroxyl groups excluding tert-OH is 4. The molecule has 41 heavy (non-hydrogen) atoms. The molecule has 20 nitrogen and oxygen atoms in total. The van der Waals surface area contributed by atoms with Gasteiger partial charge in [-0.2, -0.15) is 4.31 Å². The molecule has 10 atom stereocenters. The molecule has 2 aliphatic rings. The van der Waals surface area contributed by atoms with Crippen molar-refractivity contribution in [2.24, 2.45) is 0 Å². The molecule has 0 amide bonds. The minimum atomic E-state index is -5.36. The summed E-state index contributed by atoms with van der Waals surface area (Å²) in [5.41, 5.74) is 6.09. The molecule has 2 saturated heterocycles. The Bertz CT molecular complexity index is 1380. The number of imidazole rings is 1. The number of phosphoric acid groups is 2. The third-order valence-corrected chi connectivity index (χ3v) is 8.48. The number of hydrogen-bond donors (Lipinski definition) is 7. The number of ether oxygens (including phenoxy) is 3. The molecule has 228 valence electrons. The Labute approximate surface area is 230 Å². The fourth-order valence-corrected chi connectivity index (χ4v) is 6.05.